The smallest absolute Gasteiger partial charge is 0.265 e. The molecule has 0 saturated heterocycles. The third-order valence-electron chi connectivity index (χ3n) is 4.39. The molecule has 0 aromatic heterocycles. The van der Waals surface area contributed by atoms with Crippen LogP contribution in [0.25, 0.3) is 0 Å². The second kappa shape index (κ2) is 8.04. The van der Waals surface area contributed by atoms with E-state index in [-0.39, 0.29) is 18.4 Å². The third-order valence-corrected chi connectivity index (χ3v) is 4.39. The number of fused-ring (bicyclic) bond motifs is 1. The van der Waals surface area contributed by atoms with Gasteiger partial charge in [-0.1, -0.05) is 36.8 Å². The lowest BCUT2D eigenvalue weighted by Crippen LogP contribution is -2.39. The first-order chi connectivity index (χ1) is 12.6. The average molecular weight is 352 g/mol. The van der Waals surface area contributed by atoms with Gasteiger partial charge >= 0.3 is 0 Å². The summed E-state index contributed by atoms with van der Waals surface area (Å²) in [5.41, 5.74) is 3.75. The van der Waals surface area contributed by atoms with Gasteiger partial charge in [-0.15, -0.1) is 0 Å². The van der Waals surface area contributed by atoms with Crippen LogP contribution in [0.3, 0.4) is 0 Å². The number of hydrogen-bond donors (Lipinski definition) is 1. The Kier molecular flexibility index (Phi) is 5.56. The van der Waals surface area contributed by atoms with Crippen molar-refractivity contribution in [3.05, 3.63) is 53.6 Å². The lowest BCUT2D eigenvalue weighted by atomic mass is 10.1. The molecule has 2 aromatic carbocycles. The lowest BCUT2D eigenvalue weighted by molar-refractivity contribution is -0.121. The molecule has 5 heteroatoms. The van der Waals surface area contributed by atoms with Crippen molar-refractivity contribution in [1.82, 2.24) is 0 Å². The Morgan fingerprint density at radius 1 is 1.19 bits per heavy atom. The fraction of sp³-hybridized carbons (Fsp3) is 0.333. The molecule has 136 valence electrons. The Balaban J connectivity index is 1.65. The summed E-state index contributed by atoms with van der Waals surface area (Å²) in [5.74, 6) is 0.577. The Hall–Kier alpha value is -2.82. The normalized spacial score (nSPS) is 13.2. The monoisotopic (exact) mass is 352 g/mol. The molecule has 0 spiro atoms. The van der Waals surface area contributed by atoms with Gasteiger partial charge in [-0.25, -0.2) is 0 Å². The van der Waals surface area contributed by atoms with E-state index in [1.54, 1.807) is 11.0 Å². The molecule has 0 saturated carbocycles. The number of benzene rings is 2. The molecule has 0 radical (unpaired) electrons. The van der Waals surface area contributed by atoms with Gasteiger partial charge in [0.2, 0.25) is 5.91 Å². The summed E-state index contributed by atoms with van der Waals surface area (Å²) in [6, 6.07) is 13.6. The minimum absolute atomic E-state index is 0.0457. The van der Waals surface area contributed by atoms with Crippen LogP contribution >= 0.6 is 0 Å². The third kappa shape index (κ3) is 4.23. The van der Waals surface area contributed by atoms with E-state index >= 15 is 0 Å². The van der Waals surface area contributed by atoms with Gasteiger partial charge in [0.1, 0.15) is 5.75 Å². The first-order valence-electron chi connectivity index (χ1n) is 8.99. The minimum Gasteiger partial charge on any atom is -0.482 e. The largest absolute Gasteiger partial charge is 0.482 e. The van der Waals surface area contributed by atoms with Gasteiger partial charge in [-0.3, -0.25) is 9.59 Å². The number of rotatable bonds is 6. The van der Waals surface area contributed by atoms with E-state index in [9.17, 15) is 9.59 Å². The lowest BCUT2D eigenvalue weighted by Gasteiger charge is -2.29. The zero-order chi connectivity index (χ0) is 18.5. The first-order valence-corrected chi connectivity index (χ1v) is 8.99. The number of anilines is 2. The molecule has 5 nitrogen and oxygen atoms in total. The first kappa shape index (κ1) is 18.0. The van der Waals surface area contributed by atoms with Crippen molar-refractivity contribution < 1.29 is 14.3 Å². The zero-order valence-electron chi connectivity index (χ0n) is 15.2. The van der Waals surface area contributed by atoms with Gasteiger partial charge < -0.3 is 15.0 Å². The molecule has 26 heavy (non-hydrogen) atoms. The van der Waals surface area contributed by atoms with Crippen molar-refractivity contribution in [2.45, 2.75) is 33.1 Å². The average Bonchev–Trinajstić information content (AvgIpc) is 2.64. The highest BCUT2D eigenvalue weighted by atomic mass is 16.5. The van der Waals surface area contributed by atoms with E-state index in [2.05, 4.69) is 17.4 Å². The van der Waals surface area contributed by atoms with Crippen LogP contribution < -0.4 is 15.0 Å². The number of carbonyl (C=O) groups is 2. The van der Waals surface area contributed by atoms with Crippen LogP contribution in [0.15, 0.2) is 42.5 Å². The van der Waals surface area contributed by atoms with Crippen LogP contribution in [0, 0.1) is 6.92 Å². The van der Waals surface area contributed by atoms with Crippen LogP contribution in [0.2, 0.25) is 0 Å². The van der Waals surface area contributed by atoms with E-state index in [0.717, 1.165) is 17.7 Å². The maximum Gasteiger partial charge on any atom is 0.265 e. The summed E-state index contributed by atoms with van der Waals surface area (Å²) in [5, 5.41) is 2.92. The number of nitrogens with zero attached hydrogens (tertiary/aromatic N) is 1. The maximum absolute atomic E-state index is 12.3. The molecule has 0 fully saturated rings. The Morgan fingerprint density at radius 2 is 1.96 bits per heavy atom. The highest BCUT2D eigenvalue weighted by Crippen LogP contribution is 2.34. The number of nitrogens with one attached hydrogen (secondary N) is 1. The van der Waals surface area contributed by atoms with Crippen molar-refractivity contribution in [2.75, 3.05) is 23.4 Å². The molecule has 1 aliphatic heterocycles. The minimum atomic E-state index is -0.0535. The summed E-state index contributed by atoms with van der Waals surface area (Å²) in [6.45, 7) is 4.78. The van der Waals surface area contributed by atoms with Crippen LogP contribution in [-0.2, 0) is 16.0 Å². The standard InChI is InChI=1S/C21H24N2O3/c1-3-12-23-18-13-17(9-10-19(18)26-14-21(23)25)22-20(24)11-8-16-6-4-15(2)5-7-16/h4-7,9-10,13H,3,8,11-12,14H2,1-2H3,(H,22,24). The van der Waals surface area contributed by atoms with Crippen molar-refractivity contribution in [2.24, 2.45) is 0 Å². The fourth-order valence-electron chi connectivity index (χ4n) is 2.98. The van der Waals surface area contributed by atoms with Crippen molar-refractivity contribution in [3.63, 3.8) is 0 Å². The molecular weight excluding hydrogens is 328 g/mol. The van der Waals surface area contributed by atoms with Crippen molar-refractivity contribution in [3.8, 4) is 5.75 Å². The van der Waals surface area contributed by atoms with E-state index in [1.807, 2.05) is 38.1 Å². The zero-order valence-corrected chi connectivity index (χ0v) is 15.2. The number of aryl methyl sites for hydroxylation is 2. The molecule has 0 aliphatic carbocycles. The number of carbonyl (C=O) groups excluding carboxylic acids is 2. The van der Waals surface area contributed by atoms with Crippen LogP contribution in [0.5, 0.6) is 5.75 Å². The second-order valence-electron chi connectivity index (χ2n) is 6.55. The highest BCUT2D eigenvalue weighted by Gasteiger charge is 2.25. The predicted molar refractivity (Wildman–Crippen MR) is 103 cm³/mol. The Bertz CT molecular complexity index is 799. The van der Waals surface area contributed by atoms with Crippen molar-refractivity contribution in [1.29, 1.82) is 0 Å². The highest BCUT2D eigenvalue weighted by molar-refractivity contribution is 5.99. The molecule has 1 N–H and O–H groups in total. The van der Waals surface area contributed by atoms with E-state index in [1.165, 1.54) is 5.56 Å². The predicted octanol–water partition coefficient (Wildman–Crippen LogP) is 3.70. The summed E-state index contributed by atoms with van der Waals surface area (Å²) in [7, 11) is 0. The summed E-state index contributed by atoms with van der Waals surface area (Å²) >= 11 is 0. The van der Waals surface area contributed by atoms with Crippen LogP contribution in [0.4, 0.5) is 11.4 Å². The molecule has 1 aliphatic rings. The van der Waals surface area contributed by atoms with Gasteiger partial charge in [0, 0.05) is 18.7 Å². The molecule has 0 atom stereocenters. The molecule has 3 rings (SSSR count). The maximum atomic E-state index is 12.3. The quantitative estimate of drug-likeness (QED) is 0.862. The molecule has 0 bridgehead atoms. The SMILES string of the molecule is CCCN1C(=O)COc2ccc(NC(=O)CCc3ccc(C)cc3)cc21. The van der Waals surface area contributed by atoms with E-state index < -0.39 is 0 Å². The number of amides is 2. The molecule has 2 amide bonds. The van der Waals surface area contributed by atoms with Crippen LogP contribution in [-0.4, -0.2) is 25.0 Å². The summed E-state index contributed by atoms with van der Waals surface area (Å²) in [6.07, 6.45) is 1.97. The molecule has 1 heterocycles. The van der Waals surface area contributed by atoms with Crippen LogP contribution in [0.1, 0.15) is 30.9 Å². The van der Waals surface area contributed by atoms with Gasteiger partial charge in [-0.05, 0) is 43.5 Å². The summed E-state index contributed by atoms with van der Waals surface area (Å²) in [4.78, 5) is 26.1. The van der Waals surface area contributed by atoms with Gasteiger partial charge in [-0.2, -0.15) is 0 Å². The van der Waals surface area contributed by atoms with E-state index in [0.29, 0.717) is 30.8 Å². The number of ether oxygens (including phenoxy) is 1. The van der Waals surface area contributed by atoms with Gasteiger partial charge in [0.25, 0.3) is 5.91 Å². The van der Waals surface area contributed by atoms with Crippen molar-refractivity contribution >= 4 is 23.2 Å². The van der Waals surface area contributed by atoms with E-state index in [4.69, 9.17) is 4.74 Å². The Morgan fingerprint density at radius 3 is 2.69 bits per heavy atom. The Labute approximate surface area is 154 Å². The molecule has 0 unspecified atom stereocenters. The molecular formula is C21H24N2O3. The summed E-state index contributed by atoms with van der Waals surface area (Å²) < 4.78 is 5.48. The number of hydrogen-bond acceptors (Lipinski definition) is 3. The second-order valence-corrected chi connectivity index (χ2v) is 6.55. The fourth-order valence-corrected chi connectivity index (χ4v) is 2.98. The van der Waals surface area contributed by atoms with Gasteiger partial charge in [0.15, 0.2) is 6.61 Å². The topological polar surface area (TPSA) is 58.6 Å². The molecule has 2 aromatic rings. The van der Waals surface area contributed by atoms with Gasteiger partial charge in [0.05, 0.1) is 5.69 Å².